The zero-order valence-corrected chi connectivity index (χ0v) is 50.6. The lowest BCUT2D eigenvalue weighted by Gasteiger charge is -2.40. The third kappa shape index (κ3) is 22.0. The van der Waals surface area contributed by atoms with Crippen molar-refractivity contribution in [2.24, 2.45) is 35.5 Å². The SMILES string of the molecule is COCCOCCOCCOCCCC(=O)O[C@@H]1CC[C@@H](C[C@@H](C)[C@@H]2C[C@@H](O)[C@H](C)/C=C(\C)[C@@H](O)[C@@H](OC)C(=O)[C@H](C)C[C@H](C)/C=C/C=C/C=C(\C)[C@@H](OC)C[C@@H]3CC[C@@H](C)C(=O)C(O)(O3)C(=O)N3CCCC[C@H]3C(=O)O2)C[C@H]1OC. The third-order valence-corrected chi connectivity index (χ3v) is 16.6. The molecule has 0 radical (unpaired) electrons. The standard InChI is InChI=1S/C62H101NO18/c1-40-18-13-12-14-19-41(2)52(73-9)38-48-24-22-42(3)59(68)62(71,81-48)61(70)63-26-16-15-20-49(63)60(69)80-53(39-50(64)43(4)35-46(7)57(67)58(75-11)56(66)45(6)34-40)44(5)36-47-23-25-51(54(37-47)74-10)79-55(65)21-17-27-76-30-31-78-33-32-77-29-28-72-8/h12-14,18-19,35,40,42-45,47-54,57-58,64,67,71H,15-17,20-34,36-39H2,1-11H3/b14-12+,18-13+,41-19+,46-35+/t40-,42-,43-,44-,45-,47+,48+,49+,50-,51-,52+,53+,54-,57-,58+,62?/m1/s1. The van der Waals surface area contributed by atoms with Crippen molar-refractivity contribution >= 4 is 29.4 Å². The van der Waals surface area contributed by atoms with E-state index in [0.29, 0.717) is 116 Å². The average Bonchev–Trinajstić information content (AvgIpc) is 3.62. The van der Waals surface area contributed by atoms with Crippen molar-refractivity contribution in [1.82, 2.24) is 4.90 Å². The van der Waals surface area contributed by atoms with E-state index in [4.69, 9.17) is 47.4 Å². The molecule has 2 saturated heterocycles. The molecule has 3 fully saturated rings. The maximum atomic E-state index is 14.8. The van der Waals surface area contributed by atoms with Gasteiger partial charge in [-0.15, -0.1) is 0 Å². The Bertz CT molecular complexity index is 2060. The summed E-state index contributed by atoms with van der Waals surface area (Å²) in [7, 11) is 6.16. The number of fused-ring (bicyclic) bond motifs is 3. The number of allylic oxidation sites excluding steroid dienone is 5. The maximum Gasteiger partial charge on any atom is 0.329 e. The van der Waals surface area contributed by atoms with Crippen molar-refractivity contribution in [3.05, 3.63) is 47.6 Å². The fourth-order valence-electron chi connectivity index (χ4n) is 11.6. The van der Waals surface area contributed by atoms with E-state index in [2.05, 4.69) is 0 Å². The summed E-state index contributed by atoms with van der Waals surface area (Å²) >= 11 is 0. The zero-order chi connectivity index (χ0) is 59.6. The minimum atomic E-state index is -2.87. The summed E-state index contributed by atoms with van der Waals surface area (Å²) in [4.78, 5) is 71.8. The predicted molar refractivity (Wildman–Crippen MR) is 304 cm³/mol. The highest BCUT2D eigenvalue weighted by atomic mass is 16.6. The van der Waals surface area contributed by atoms with Gasteiger partial charge < -0.3 is 67.6 Å². The number of hydrogen-bond donors (Lipinski definition) is 3. The molecule has 19 heteroatoms. The molecule has 4 rings (SSSR count). The largest absolute Gasteiger partial charge is 0.460 e. The first-order chi connectivity index (χ1) is 38.7. The van der Waals surface area contributed by atoms with Crippen LogP contribution in [0, 0.1) is 35.5 Å². The summed E-state index contributed by atoms with van der Waals surface area (Å²) < 4.78 is 57.6. The van der Waals surface area contributed by atoms with Crippen molar-refractivity contribution < 1.29 is 86.7 Å². The first-order valence-corrected chi connectivity index (χ1v) is 29.7. The Morgan fingerprint density at radius 3 is 2.11 bits per heavy atom. The lowest BCUT2D eigenvalue weighted by atomic mass is 9.78. The molecule has 19 nitrogen and oxygen atoms in total. The highest BCUT2D eigenvalue weighted by molar-refractivity contribution is 6.09. The van der Waals surface area contributed by atoms with Gasteiger partial charge in [-0.2, -0.15) is 0 Å². The average molecular weight is 1150 g/mol. The van der Waals surface area contributed by atoms with Crippen LogP contribution in [0.5, 0.6) is 0 Å². The summed E-state index contributed by atoms with van der Waals surface area (Å²) in [6.07, 6.45) is 10.4. The molecule has 2 bridgehead atoms. The molecule has 3 aliphatic heterocycles. The van der Waals surface area contributed by atoms with Gasteiger partial charge in [-0.1, -0.05) is 71.1 Å². The Kier molecular flexibility index (Phi) is 31.2. The molecule has 1 aliphatic carbocycles. The van der Waals surface area contributed by atoms with Gasteiger partial charge in [0.05, 0.1) is 64.1 Å². The van der Waals surface area contributed by atoms with Crippen molar-refractivity contribution in [2.45, 2.75) is 199 Å². The Morgan fingerprint density at radius 1 is 0.753 bits per heavy atom. The molecule has 0 spiro atoms. The number of Topliss-reactive ketones (excluding diaryl/α,β-unsaturated/α-hetero) is 2. The zero-order valence-electron chi connectivity index (χ0n) is 50.6. The van der Waals surface area contributed by atoms with Crippen molar-refractivity contribution in [2.75, 3.05) is 81.2 Å². The van der Waals surface area contributed by atoms with Gasteiger partial charge >= 0.3 is 17.7 Å². The number of aliphatic hydroxyl groups is 3. The van der Waals surface area contributed by atoms with E-state index in [0.717, 1.165) is 5.57 Å². The van der Waals surface area contributed by atoms with Crippen LogP contribution in [-0.2, 0) is 71.3 Å². The van der Waals surface area contributed by atoms with Gasteiger partial charge in [-0.3, -0.25) is 19.2 Å². The Labute approximate surface area is 482 Å². The Hall–Kier alpha value is -3.73. The first-order valence-electron chi connectivity index (χ1n) is 29.7. The number of nitrogens with zero attached hydrogens (tertiary/aromatic N) is 1. The molecule has 1 unspecified atom stereocenters. The molecule has 4 aliphatic rings. The van der Waals surface area contributed by atoms with E-state index in [1.165, 1.54) is 12.0 Å². The van der Waals surface area contributed by atoms with Crippen molar-refractivity contribution in [1.29, 1.82) is 0 Å². The van der Waals surface area contributed by atoms with Gasteiger partial charge in [-0.05, 0) is 113 Å². The third-order valence-electron chi connectivity index (χ3n) is 16.6. The van der Waals surface area contributed by atoms with Crippen LogP contribution in [0.2, 0.25) is 0 Å². The molecule has 1 amide bonds. The van der Waals surface area contributed by atoms with Gasteiger partial charge in [0.25, 0.3) is 5.91 Å². The number of rotatable bonds is 20. The molecule has 0 aromatic rings. The van der Waals surface area contributed by atoms with Crippen LogP contribution in [-0.4, -0.2) is 192 Å². The second-order valence-corrected chi connectivity index (χ2v) is 23.2. The number of carbonyl (C=O) groups is 5. The van der Waals surface area contributed by atoms with Crippen LogP contribution < -0.4 is 0 Å². The fraction of sp³-hybridized carbons (Fsp3) is 0.790. The number of amides is 1. The smallest absolute Gasteiger partial charge is 0.329 e. The molecule has 16 atom stereocenters. The first kappa shape index (κ1) is 69.8. The van der Waals surface area contributed by atoms with E-state index in [9.17, 15) is 39.3 Å². The minimum absolute atomic E-state index is 0.00555. The van der Waals surface area contributed by atoms with Crippen LogP contribution in [0.25, 0.3) is 0 Å². The molecule has 81 heavy (non-hydrogen) atoms. The second kappa shape index (κ2) is 36.2. The van der Waals surface area contributed by atoms with E-state index >= 15 is 0 Å². The van der Waals surface area contributed by atoms with Crippen LogP contribution in [0.15, 0.2) is 47.6 Å². The molecule has 3 heterocycles. The molecule has 1 saturated carbocycles. The number of methoxy groups -OCH3 is 4. The molecule has 0 aromatic heterocycles. The van der Waals surface area contributed by atoms with E-state index in [-0.39, 0.29) is 61.7 Å². The monoisotopic (exact) mass is 1150 g/mol. The van der Waals surface area contributed by atoms with Crippen LogP contribution in [0.1, 0.15) is 138 Å². The lowest BCUT2D eigenvalue weighted by Crippen LogP contribution is -2.62. The van der Waals surface area contributed by atoms with E-state index < -0.39 is 96.1 Å². The quantitative estimate of drug-likeness (QED) is 0.0481. The number of piperidine rings is 1. The Balaban J connectivity index is 1.57. The predicted octanol–water partition coefficient (Wildman–Crippen LogP) is 7.00. The number of carbonyl (C=O) groups excluding carboxylic acids is 5. The summed E-state index contributed by atoms with van der Waals surface area (Å²) in [5.74, 6) is -8.05. The normalized spacial score (nSPS) is 35.6. The van der Waals surface area contributed by atoms with Crippen molar-refractivity contribution in [3.8, 4) is 0 Å². The van der Waals surface area contributed by atoms with Crippen molar-refractivity contribution in [3.63, 3.8) is 0 Å². The summed E-state index contributed by atoms with van der Waals surface area (Å²) in [5.41, 5.74) is 1.27. The number of hydrogen-bond acceptors (Lipinski definition) is 18. The highest BCUT2D eigenvalue weighted by Gasteiger charge is 2.55. The van der Waals surface area contributed by atoms with E-state index in [1.807, 2.05) is 58.1 Å². The van der Waals surface area contributed by atoms with Gasteiger partial charge in [0, 0.05) is 78.6 Å². The second-order valence-electron chi connectivity index (χ2n) is 23.2. The lowest BCUT2D eigenvalue weighted by molar-refractivity contribution is -0.231. The topological polar surface area (TPSA) is 242 Å². The maximum absolute atomic E-state index is 14.8. The van der Waals surface area contributed by atoms with Gasteiger partial charge in [0.15, 0.2) is 5.78 Å². The molecular formula is C62H101NO18. The van der Waals surface area contributed by atoms with Gasteiger partial charge in [0.1, 0.15) is 30.5 Å². The van der Waals surface area contributed by atoms with Crippen LogP contribution >= 0.6 is 0 Å². The number of aliphatic hydroxyl groups excluding tert-OH is 2. The summed E-state index contributed by atoms with van der Waals surface area (Å²) in [6.45, 7) is 16.0. The van der Waals surface area contributed by atoms with Gasteiger partial charge in [-0.25, -0.2) is 4.79 Å². The summed E-state index contributed by atoms with van der Waals surface area (Å²) in [6, 6.07) is -1.17. The number of ketones is 2. The molecule has 0 aromatic carbocycles. The number of esters is 2. The van der Waals surface area contributed by atoms with Crippen LogP contribution in [0.4, 0.5) is 0 Å². The molecule has 462 valence electrons. The van der Waals surface area contributed by atoms with E-state index in [1.54, 1.807) is 48.2 Å². The fourth-order valence-corrected chi connectivity index (χ4v) is 11.6. The minimum Gasteiger partial charge on any atom is -0.460 e. The number of ether oxygens (including phenoxy) is 10. The van der Waals surface area contributed by atoms with Gasteiger partial charge in [0.2, 0.25) is 5.78 Å². The van der Waals surface area contributed by atoms with Crippen LogP contribution in [0.3, 0.4) is 0 Å². The summed E-state index contributed by atoms with van der Waals surface area (Å²) in [5, 5.41) is 35.9. The highest BCUT2D eigenvalue weighted by Crippen LogP contribution is 2.37. The molecule has 3 N–H and O–H groups in total. The number of cyclic esters (lactones) is 1. The molecular weight excluding hydrogens is 1050 g/mol. The Morgan fingerprint density at radius 2 is 1.44 bits per heavy atom.